The lowest BCUT2D eigenvalue weighted by atomic mass is 9.75. The minimum atomic E-state index is 0.151. The van der Waals surface area contributed by atoms with Crippen LogP contribution in [0.1, 0.15) is 46.0 Å². The second-order valence-electron chi connectivity index (χ2n) is 6.24. The van der Waals surface area contributed by atoms with Crippen LogP contribution in [0.15, 0.2) is 0 Å². The first-order chi connectivity index (χ1) is 8.07. The first kappa shape index (κ1) is 13.3. The zero-order valence-electron chi connectivity index (χ0n) is 11.6. The lowest BCUT2D eigenvalue weighted by molar-refractivity contribution is 0.0179. The molecule has 0 bridgehead atoms. The zero-order valence-corrected chi connectivity index (χ0v) is 11.6. The van der Waals surface area contributed by atoms with E-state index < -0.39 is 0 Å². The summed E-state index contributed by atoms with van der Waals surface area (Å²) in [6.45, 7) is 6.17. The predicted molar refractivity (Wildman–Crippen MR) is 71.0 cm³/mol. The van der Waals surface area contributed by atoms with E-state index in [1.807, 2.05) is 0 Å². The van der Waals surface area contributed by atoms with E-state index in [4.69, 9.17) is 10.5 Å². The molecule has 3 unspecified atom stereocenters. The highest BCUT2D eigenvalue weighted by molar-refractivity contribution is 4.95. The fourth-order valence-electron chi connectivity index (χ4n) is 3.32. The molecule has 0 aromatic carbocycles. The molecule has 1 saturated heterocycles. The molecular weight excluding hydrogens is 212 g/mol. The van der Waals surface area contributed by atoms with Crippen LogP contribution >= 0.6 is 0 Å². The molecule has 1 saturated carbocycles. The van der Waals surface area contributed by atoms with E-state index in [-0.39, 0.29) is 5.54 Å². The van der Waals surface area contributed by atoms with Crippen molar-refractivity contribution in [3.63, 3.8) is 0 Å². The SMILES string of the molecule is CC1OCCC1N(C)C(C)(CN)CC1CCC1. The number of nitrogens with two attached hydrogens (primary N) is 1. The molecule has 1 aliphatic carbocycles. The molecule has 0 spiro atoms. The quantitative estimate of drug-likeness (QED) is 0.799. The van der Waals surface area contributed by atoms with Crippen molar-refractivity contribution in [1.82, 2.24) is 4.90 Å². The van der Waals surface area contributed by atoms with Gasteiger partial charge in [-0.15, -0.1) is 0 Å². The molecule has 2 aliphatic rings. The summed E-state index contributed by atoms with van der Waals surface area (Å²) >= 11 is 0. The summed E-state index contributed by atoms with van der Waals surface area (Å²) in [6, 6.07) is 0.545. The minimum absolute atomic E-state index is 0.151. The molecule has 3 atom stereocenters. The van der Waals surface area contributed by atoms with Gasteiger partial charge in [0.2, 0.25) is 0 Å². The third-order valence-electron chi connectivity index (χ3n) is 5.08. The Labute approximate surface area is 106 Å². The normalized spacial score (nSPS) is 33.7. The average molecular weight is 240 g/mol. The maximum Gasteiger partial charge on any atom is 0.0703 e. The largest absolute Gasteiger partial charge is 0.377 e. The standard InChI is InChI=1S/C14H28N2O/c1-11-13(7-8-17-11)16(3)14(2,10-15)9-12-5-4-6-12/h11-13H,4-10,15H2,1-3H3. The Kier molecular flexibility index (Phi) is 4.11. The molecular formula is C14H28N2O. The Balaban J connectivity index is 1.99. The van der Waals surface area contributed by atoms with Crippen LogP contribution in [-0.2, 0) is 4.74 Å². The van der Waals surface area contributed by atoms with Gasteiger partial charge in [-0.05, 0) is 39.7 Å². The summed E-state index contributed by atoms with van der Waals surface area (Å²) in [5.41, 5.74) is 6.22. The number of ether oxygens (including phenoxy) is 1. The minimum Gasteiger partial charge on any atom is -0.377 e. The van der Waals surface area contributed by atoms with Gasteiger partial charge in [0.15, 0.2) is 0 Å². The van der Waals surface area contributed by atoms with Gasteiger partial charge in [-0.1, -0.05) is 19.3 Å². The molecule has 2 fully saturated rings. The van der Waals surface area contributed by atoms with Gasteiger partial charge in [0.1, 0.15) is 0 Å². The Bertz CT molecular complexity index is 255. The van der Waals surface area contributed by atoms with Crippen molar-refractivity contribution in [2.24, 2.45) is 11.7 Å². The molecule has 0 radical (unpaired) electrons. The fraction of sp³-hybridized carbons (Fsp3) is 1.00. The Morgan fingerprint density at radius 1 is 1.35 bits per heavy atom. The summed E-state index contributed by atoms with van der Waals surface area (Å²) < 4.78 is 5.69. The molecule has 3 nitrogen and oxygen atoms in total. The first-order valence-electron chi connectivity index (χ1n) is 7.11. The van der Waals surface area contributed by atoms with E-state index >= 15 is 0 Å². The van der Waals surface area contributed by atoms with Crippen LogP contribution in [-0.4, -0.2) is 42.8 Å². The summed E-state index contributed by atoms with van der Waals surface area (Å²) in [6.07, 6.45) is 6.98. The third-order valence-corrected chi connectivity index (χ3v) is 5.08. The van der Waals surface area contributed by atoms with Crippen molar-refractivity contribution in [2.75, 3.05) is 20.2 Å². The topological polar surface area (TPSA) is 38.5 Å². The van der Waals surface area contributed by atoms with E-state index in [1.165, 1.54) is 25.7 Å². The number of nitrogens with zero attached hydrogens (tertiary/aromatic N) is 1. The van der Waals surface area contributed by atoms with Gasteiger partial charge in [0.05, 0.1) is 6.10 Å². The molecule has 0 amide bonds. The number of likely N-dealkylation sites (N-methyl/N-ethyl adjacent to an activating group) is 1. The monoisotopic (exact) mass is 240 g/mol. The molecule has 0 aromatic rings. The highest BCUT2D eigenvalue weighted by atomic mass is 16.5. The van der Waals surface area contributed by atoms with Crippen LogP contribution in [0.3, 0.4) is 0 Å². The zero-order chi connectivity index (χ0) is 12.5. The van der Waals surface area contributed by atoms with Crippen molar-refractivity contribution in [3.8, 4) is 0 Å². The molecule has 17 heavy (non-hydrogen) atoms. The lowest BCUT2D eigenvalue weighted by Gasteiger charge is -2.46. The van der Waals surface area contributed by atoms with Crippen molar-refractivity contribution >= 4 is 0 Å². The molecule has 1 heterocycles. The van der Waals surface area contributed by atoms with Gasteiger partial charge in [-0.3, -0.25) is 4.90 Å². The van der Waals surface area contributed by atoms with Gasteiger partial charge < -0.3 is 10.5 Å². The van der Waals surface area contributed by atoms with Crippen molar-refractivity contribution in [1.29, 1.82) is 0 Å². The smallest absolute Gasteiger partial charge is 0.0703 e. The van der Waals surface area contributed by atoms with Crippen LogP contribution < -0.4 is 5.73 Å². The number of hydrogen-bond donors (Lipinski definition) is 1. The van der Waals surface area contributed by atoms with Gasteiger partial charge in [0, 0.05) is 24.7 Å². The highest BCUT2D eigenvalue weighted by Gasteiger charge is 2.39. The van der Waals surface area contributed by atoms with Gasteiger partial charge in [-0.25, -0.2) is 0 Å². The molecule has 3 heteroatoms. The summed E-state index contributed by atoms with van der Waals surface area (Å²) in [4.78, 5) is 2.50. The summed E-state index contributed by atoms with van der Waals surface area (Å²) in [5.74, 6) is 0.906. The molecule has 0 aromatic heterocycles. The lowest BCUT2D eigenvalue weighted by Crippen LogP contribution is -2.56. The van der Waals surface area contributed by atoms with Crippen LogP contribution in [0, 0.1) is 5.92 Å². The second kappa shape index (κ2) is 5.25. The van der Waals surface area contributed by atoms with Gasteiger partial charge >= 0.3 is 0 Å². The Morgan fingerprint density at radius 3 is 2.47 bits per heavy atom. The third kappa shape index (κ3) is 2.67. The predicted octanol–water partition coefficient (Wildman–Crippen LogP) is 2.00. The number of rotatable bonds is 5. The van der Waals surface area contributed by atoms with Crippen molar-refractivity contribution in [3.05, 3.63) is 0 Å². The van der Waals surface area contributed by atoms with Crippen molar-refractivity contribution in [2.45, 2.75) is 63.6 Å². The van der Waals surface area contributed by atoms with Crippen LogP contribution in [0.25, 0.3) is 0 Å². The first-order valence-corrected chi connectivity index (χ1v) is 7.11. The van der Waals surface area contributed by atoms with E-state index in [0.717, 1.165) is 25.5 Å². The van der Waals surface area contributed by atoms with E-state index in [2.05, 4.69) is 25.8 Å². The van der Waals surface area contributed by atoms with Crippen LogP contribution in [0.4, 0.5) is 0 Å². The molecule has 2 rings (SSSR count). The van der Waals surface area contributed by atoms with Crippen molar-refractivity contribution < 1.29 is 4.74 Å². The van der Waals surface area contributed by atoms with Crippen LogP contribution in [0.2, 0.25) is 0 Å². The Morgan fingerprint density at radius 2 is 2.06 bits per heavy atom. The average Bonchev–Trinajstić information content (AvgIpc) is 2.68. The second-order valence-corrected chi connectivity index (χ2v) is 6.24. The maximum absolute atomic E-state index is 6.07. The maximum atomic E-state index is 6.07. The van der Waals surface area contributed by atoms with E-state index in [0.29, 0.717) is 12.1 Å². The van der Waals surface area contributed by atoms with Crippen LogP contribution in [0.5, 0.6) is 0 Å². The van der Waals surface area contributed by atoms with Gasteiger partial charge in [0.25, 0.3) is 0 Å². The van der Waals surface area contributed by atoms with E-state index in [9.17, 15) is 0 Å². The Hall–Kier alpha value is -0.120. The number of hydrogen-bond acceptors (Lipinski definition) is 3. The molecule has 100 valence electrons. The molecule has 1 aliphatic heterocycles. The van der Waals surface area contributed by atoms with E-state index in [1.54, 1.807) is 0 Å². The fourth-order valence-corrected chi connectivity index (χ4v) is 3.32. The highest BCUT2D eigenvalue weighted by Crippen LogP contribution is 2.37. The summed E-state index contributed by atoms with van der Waals surface area (Å²) in [5, 5.41) is 0. The van der Waals surface area contributed by atoms with Gasteiger partial charge in [-0.2, -0.15) is 0 Å². The molecule has 2 N–H and O–H groups in total. The summed E-state index contributed by atoms with van der Waals surface area (Å²) in [7, 11) is 2.24.